The third kappa shape index (κ3) is 5.33. The van der Waals surface area contributed by atoms with Gasteiger partial charge in [-0.1, -0.05) is 0 Å². The second kappa shape index (κ2) is 7.88. The summed E-state index contributed by atoms with van der Waals surface area (Å²) >= 11 is 0. The number of carboxylic acid groups (broad SMARTS) is 1. The lowest BCUT2D eigenvalue weighted by atomic mass is 10.1. The Kier molecular flexibility index (Phi) is 6.45. The summed E-state index contributed by atoms with van der Waals surface area (Å²) in [5, 5.41) is 13.8. The van der Waals surface area contributed by atoms with Crippen LogP contribution in [0.25, 0.3) is 0 Å². The van der Waals surface area contributed by atoms with Gasteiger partial charge in [0.05, 0.1) is 6.54 Å². The topological polar surface area (TPSA) is 96.9 Å². The van der Waals surface area contributed by atoms with Gasteiger partial charge in [-0.25, -0.2) is 9.59 Å². The number of carboxylic acids is 1. The molecule has 1 fully saturated rings. The maximum atomic E-state index is 11.4. The van der Waals surface area contributed by atoms with E-state index in [0.29, 0.717) is 12.5 Å². The van der Waals surface area contributed by atoms with Crippen LogP contribution >= 0.6 is 0 Å². The Hall–Kier alpha value is -1.34. The van der Waals surface area contributed by atoms with Crippen LogP contribution < -0.4 is 10.6 Å². The van der Waals surface area contributed by atoms with E-state index >= 15 is 0 Å². The molecule has 0 aromatic rings. The maximum absolute atomic E-state index is 11.4. The summed E-state index contributed by atoms with van der Waals surface area (Å²) < 4.78 is 9.91. The average molecular weight is 260 g/mol. The monoisotopic (exact) mass is 260 g/mol. The van der Waals surface area contributed by atoms with Gasteiger partial charge < -0.3 is 25.2 Å². The van der Waals surface area contributed by atoms with Gasteiger partial charge in [0, 0.05) is 26.9 Å². The lowest BCUT2D eigenvalue weighted by Crippen LogP contribution is -2.43. The molecule has 0 aromatic heterocycles. The first-order valence-corrected chi connectivity index (χ1v) is 5.98. The average Bonchev–Trinajstić information content (AvgIpc) is 2.82. The lowest BCUT2D eigenvalue weighted by molar-refractivity contribution is -0.147. The predicted molar refractivity (Wildman–Crippen MR) is 63.4 cm³/mol. The van der Waals surface area contributed by atoms with E-state index in [9.17, 15) is 9.59 Å². The minimum atomic E-state index is -1.10. The largest absolute Gasteiger partial charge is 0.479 e. The van der Waals surface area contributed by atoms with Gasteiger partial charge in [0.1, 0.15) is 0 Å². The van der Waals surface area contributed by atoms with E-state index in [1.807, 2.05) is 0 Å². The van der Waals surface area contributed by atoms with E-state index in [0.717, 1.165) is 26.1 Å². The van der Waals surface area contributed by atoms with Gasteiger partial charge in [-0.15, -0.1) is 0 Å². The minimum Gasteiger partial charge on any atom is -0.479 e. The molecule has 2 atom stereocenters. The van der Waals surface area contributed by atoms with Crippen molar-refractivity contribution in [3.63, 3.8) is 0 Å². The number of amides is 2. The molecule has 3 N–H and O–H groups in total. The Morgan fingerprint density at radius 3 is 2.83 bits per heavy atom. The van der Waals surface area contributed by atoms with Gasteiger partial charge in [0.25, 0.3) is 0 Å². The lowest BCUT2D eigenvalue weighted by Gasteiger charge is -2.13. The zero-order chi connectivity index (χ0) is 13.4. The number of hydrogen-bond acceptors (Lipinski definition) is 4. The molecular weight excluding hydrogens is 240 g/mol. The summed E-state index contributed by atoms with van der Waals surface area (Å²) in [6.45, 7) is 2.06. The van der Waals surface area contributed by atoms with E-state index < -0.39 is 12.1 Å². The Morgan fingerprint density at radius 2 is 2.28 bits per heavy atom. The second-order valence-electron chi connectivity index (χ2n) is 4.22. The van der Waals surface area contributed by atoms with Crippen molar-refractivity contribution in [3.05, 3.63) is 0 Å². The molecule has 104 valence electrons. The molecule has 0 spiro atoms. The van der Waals surface area contributed by atoms with E-state index in [1.54, 1.807) is 0 Å². The number of hydrogen-bond donors (Lipinski definition) is 3. The van der Waals surface area contributed by atoms with E-state index in [2.05, 4.69) is 15.4 Å². The highest BCUT2D eigenvalue weighted by atomic mass is 16.5. The van der Waals surface area contributed by atoms with E-state index in [4.69, 9.17) is 9.84 Å². The summed E-state index contributed by atoms with van der Waals surface area (Å²) in [6.07, 6.45) is 0.896. The third-order valence-electron chi connectivity index (χ3n) is 2.87. The van der Waals surface area contributed by atoms with Crippen LogP contribution in [-0.4, -0.2) is 56.6 Å². The van der Waals surface area contributed by atoms with Crippen LogP contribution in [0, 0.1) is 5.92 Å². The predicted octanol–water partition coefficient (Wildman–Crippen LogP) is -0.188. The van der Waals surface area contributed by atoms with Crippen molar-refractivity contribution in [1.29, 1.82) is 0 Å². The molecule has 1 aliphatic rings. The van der Waals surface area contributed by atoms with Crippen molar-refractivity contribution in [2.45, 2.75) is 18.9 Å². The van der Waals surface area contributed by atoms with Crippen molar-refractivity contribution >= 4 is 12.0 Å². The molecule has 0 saturated carbocycles. The summed E-state index contributed by atoms with van der Waals surface area (Å²) in [7, 11) is 1.29. The Bertz CT molecular complexity index is 279. The van der Waals surface area contributed by atoms with E-state index in [1.165, 1.54) is 7.11 Å². The van der Waals surface area contributed by atoms with Crippen LogP contribution in [0.2, 0.25) is 0 Å². The molecule has 0 bridgehead atoms. The number of urea groups is 1. The summed E-state index contributed by atoms with van der Waals surface area (Å²) in [4.78, 5) is 22.0. The van der Waals surface area contributed by atoms with Crippen molar-refractivity contribution < 1.29 is 24.2 Å². The van der Waals surface area contributed by atoms with Crippen molar-refractivity contribution in [1.82, 2.24) is 10.6 Å². The Morgan fingerprint density at radius 1 is 1.50 bits per heavy atom. The van der Waals surface area contributed by atoms with E-state index in [-0.39, 0.29) is 12.6 Å². The SMILES string of the molecule is COC(CNC(=O)NCCC1CCOC1)C(=O)O. The molecule has 18 heavy (non-hydrogen) atoms. The van der Waals surface area contributed by atoms with Crippen LogP contribution in [0.15, 0.2) is 0 Å². The number of nitrogens with one attached hydrogen (secondary N) is 2. The third-order valence-corrected chi connectivity index (χ3v) is 2.87. The van der Waals surface area contributed by atoms with Crippen LogP contribution in [-0.2, 0) is 14.3 Å². The quantitative estimate of drug-likeness (QED) is 0.589. The Labute approximate surface area is 106 Å². The number of methoxy groups -OCH3 is 1. The van der Waals surface area contributed by atoms with Crippen molar-refractivity contribution in [3.8, 4) is 0 Å². The molecule has 1 rings (SSSR count). The van der Waals surface area contributed by atoms with Crippen molar-refractivity contribution in [2.24, 2.45) is 5.92 Å². The first-order valence-electron chi connectivity index (χ1n) is 5.98. The fraction of sp³-hybridized carbons (Fsp3) is 0.818. The first-order chi connectivity index (χ1) is 8.63. The standard InChI is InChI=1S/C11H20N2O5/c1-17-9(10(14)15)6-13-11(16)12-4-2-8-3-5-18-7-8/h8-9H,2-7H2,1H3,(H,14,15)(H2,12,13,16). The number of rotatable bonds is 7. The second-order valence-corrected chi connectivity index (χ2v) is 4.22. The number of carbonyl (C=O) groups excluding carboxylic acids is 1. The molecule has 2 unspecified atom stereocenters. The molecule has 2 amide bonds. The normalized spacial score (nSPS) is 20.4. The molecule has 0 radical (unpaired) electrons. The van der Waals surface area contributed by atoms with Gasteiger partial charge in [0.15, 0.2) is 6.10 Å². The minimum absolute atomic E-state index is 0.0514. The summed E-state index contributed by atoms with van der Waals surface area (Å²) in [6, 6.07) is -0.378. The summed E-state index contributed by atoms with van der Waals surface area (Å²) in [5.74, 6) is -0.586. The molecule has 7 heteroatoms. The highest BCUT2D eigenvalue weighted by Gasteiger charge is 2.18. The number of carbonyl (C=O) groups is 2. The zero-order valence-electron chi connectivity index (χ0n) is 10.5. The van der Waals surface area contributed by atoms with Crippen LogP contribution in [0.5, 0.6) is 0 Å². The number of aliphatic carboxylic acids is 1. The first kappa shape index (κ1) is 14.7. The molecule has 0 aromatic carbocycles. The van der Waals surface area contributed by atoms with Crippen LogP contribution in [0.1, 0.15) is 12.8 Å². The highest BCUT2D eigenvalue weighted by Crippen LogP contribution is 2.14. The molecule has 1 aliphatic heterocycles. The van der Waals surface area contributed by atoms with Crippen LogP contribution in [0.4, 0.5) is 4.79 Å². The smallest absolute Gasteiger partial charge is 0.334 e. The van der Waals surface area contributed by atoms with Gasteiger partial charge in [-0.2, -0.15) is 0 Å². The summed E-state index contributed by atoms with van der Waals surface area (Å²) in [5.41, 5.74) is 0. The van der Waals surface area contributed by atoms with Crippen LogP contribution in [0.3, 0.4) is 0 Å². The fourth-order valence-electron chi connectivity index (χ4n) is 1.72. The zero-order valence-corrected chi connectivity index (χ0v) is 10.5. The molecule has 7 nitrogen and oxygen atoms in total. The van der Waals surface area contributed by atoms with Gasteiger partial charge in [-0.05, 0) is 18.8 Å². The molecular formula is C11H20N2O5. The fourth-order valence-corrected chi connectivity index (χ4v) is 1.72. The molecule has 0 aliphatic carbocycles. The highest BCUT2D eigenvalue weighted by molar-refractivity contribution is 5.76. The van der Waals surface area contributed by atoms with Gasteiger partial charge >= 0.3 is 12.0 Å². The Balaban J connectivity index is 2.07. The van der Waals surface area contributed by atoms with Gasteiger partial charge in [-0.3, -0.25) is 0 Å². The van der Waals surface area contributed by atoms with Gasteiger partial charge in [0.2, 0.25) is 0 Å². The van der Waals surface area contributed by atoms with Crippen molar-refractivity contribution in [2.75, 3.05) is 33.4 Å². The maximum Gasteiger partial charge on any atom is 0.334 e. The number of ether oxygens (including phenoxy) is 2. The molecule has 1 saturated heterocycles. The molecule has 1 heterocycles.